The maximum atomic E-state index is 5.48. The fraction of sp³-hybridized carbons (Fsp3) is 0.833. The van der Waals surface area contributed by atoms with Crippen LogP contribution in [0.4, 0.5) is 6.01 Å². The van der Waals surface area contributed by atoms with Gasteiger partial charge in [0.25, 0.3) is 0 Å². The number of hydrogen-bond donors (Lipinski definition) is 2. The molecule has 0 bridgehead atoms. The Morgan fingerprint density at radius 3 is 2.71 bits per heavy atom. The molecule has 1 aromatic heterocycles. The number of nitrogens with one attached hydrogen (secondary N) is 2. The van der Waals surface area contributed by atoms with Crippen LogP contribution in [0.3, 0.4) is 0 Å². The van der Waals surface area contributed by atoms with Crippen LogP contribution >= 0.6 is 0 Å². The molecule has 5 nitrogen and oxygen atoms in total. The van der Waals surface area contributed by atoms with Gasteiger partial charge in [-0.25, -0.2) is 0 Å². The van der Waals surface area contributed by atoms with Crippen molar-refractivity contribution in [2.24, 2.45) is 11.3 Å². The molecule has 0 saturated heterocycles. The Labute approximate surface area is 102 Å². The second-order valence-electron chi connectivity index (χ2n) is 5.81. The van der Waals surface area contributed by atoms with Crippen molar-refractivity contribution < 1.29 is 4.42 Å². The molecule has 0 amide bonds. The van der Waals surface area contributed by atoms with Gasteiger partial charge in [-0.3, -0.25) is 0 Å². The minimum absolute atomic E-state index is 0.422. The topological polar surface area (TPSA) is 63.0 Å². The highest BCUT2D eigenvalue weighted by Crippen LogP contribution is 2.51. The summed E-state index contributed by atoms with van der Waals surface area (Å²) in [6, 6.07) is 0.957. The van der Waals surface area contributed by atoms with Crippen molar-refractivity contribution in [1.82, 2.24) is 15.5 Å². The lowest BCUT2D eigenvalue weighted by atomic mass is 10.1. The van der Waals surface area contributed by atoms with Gasteiger partial charge in [0, 0.05) is 12.6 Å². The summed E-state index contributed by atoms with van der Waals surface area (Å²) in [4.78, 5) is 0. The minimum atomic E-state index is 0.422. The van der Waals surface area contributed by atoms with Crippen LogP contribution in [0.2, 0.25) is 0 Å². The van der Waals surface area contributed by atoms with Crippen LogP contribution in [0, 0.1) is 11.3 Å². The second kappa shape index (κ2) is 4.64. The van der Waals surface area contributed by atoms with Gasteiger partial charge in [0.2, 0.25) is 5.89 Å². The Morgan fingerprint density at radius 1 is 1.41 bits per heavy atom. The van der Waals surface area contributed by atoms with Gasteiger partial charge >= 0.3 is 6.01 Å². The lowest BCUT2D eigenvalue weighted by Crippen LogP contribution is -2.21. The summed E-state index contributed by atoms with van der Waals surface area (Å²) < 4.78 is 5.48. The molecule has 1 fully saturated rings. The minimum Gasteiger partial charge on any atom is -0.407 e. The summed E-state index contributed by atoms with van der Waals surface area (Å²) in [5, 5.41) is 14.4. The molecule has 0 radical (unpaired) electrons. The quantitative estimate of drug-likeness (QED) is 0.794. The van der Waals surface area contributed by atoms with Crippen molar-refractivity contribution >= 4 is 6.01 Å². The molecular formula is C12H22N4O. The molecule has 1 aliphatic rings. The van der Waals surface area contributed by atoms with Crippen LogP contribution < -0.4 is 10.6 Å². The average Bonchev–Trinajstić information content (AvgIpc) is 2.68. The predicted octanol–water partition coefficient (Wildman–Crippen LogP) is 2.03. The van der Waals surface area contributed by atoms with Crippen molar-refractivity contribution in [2.45, 2.75) is 46.7 Å². The first-order valence-corrected chi connectivity index (χ1v) is 6.27. The van der Waals surface area contributed by atoms with E-state index >= 15 is 0 Å². The number of aromatic nitrogens is 2. The third-order valence-electron chi connectivity index (χ3n) is 3.35. The van der Waals surface area contributed by atoms with Crippen molar-refractivity contribution in [3.8, 4) is 0 Å². The normalized spacial score (nSPS) is 21.8. The lowest BCUT2D eigenvalue weighted by Gasteiger charge is -2.04. The van der Waals surface area contributed by atoms with Gasteiger partial charge in [0.15, 0.2) is 0 Å². The number of rotatable bonds is 6. The highest BCUT2D eigenvalue weighted by Gasteiger charge is 2.45. The summed E-state index contributed by atoms with van der Waals surface area (Å²) in [6.45, 7) is 10.3. The Morgan fingerprint density at radius 2 is 2.12 bits per heavy atom. The molecule has 2 N–H and O–H groups in total. The third kappa shape index (κ3) is 3.43. The van der Waals surface area contributed by atoms with Crippen molar-refractivity contribution in [3.63, 3.8) is 0 Å². The zero-order valence-electron chi connectivity index (χ0n) is 11.1. The van der Waals surface area contributed by atoms with E-state index in [1.165, 1.54) is 6.42 Å². The smallest absolute Gasteiger partial charge is 0.315 e. The highest BCUT2D eigenvalue weighted by molar-refractivity contribution is 5.18. The van der Waals surface area contributed by atoms with E-state index in [0.29, 0.717) is 29.9 Å². The molecule has 0 aromatic carbocycles. The maximum Gasteiger partial charge on any atom is 0.315 e. The molecule has 96 valence electrons. The van der Waals surface area contributed by atoms with E-state index in [2.05, 4.69) is 48.5 Å². The zero-order chi connectivity index (χ0) is 12.5. The summed E-state index contributed by atoms with van der Waals surface area (Å²) in [6.07, 6.45) is 1.27. The Bertz CT molecular complexity index is 372. The first kappa shape index (κ1) is 12.4. The monoisotopic (exact) mass is 238 g/mol. The molecule has 1 saturated carbocycles. The highest BCUT2D eigenvalue weighted by atomic mass is 16.4. The number of hydrogen-bond acceptors (Lipinski definition) is 5. The SMILES string of the molecule is CC(C)NCc1nnc(NCC2CC2(C)C)o1. The Balaban J connectivity index is 1.74. The van der Waals surface area contributed by atoms with Crippen LogP contribution in [0.15, 0.2) is 4.42 Å². The van der Waals surface area contributed by atoms with Crippen LogP contribution in [0.25, 0.3) is 0 Å². The third-order valence-corrected chi connectivity index (χ3v) is 3.35. The summed E-state index contributed by atoms with van der Waals surface area (Å²) in [5.74, 6) is 1.36. The van der Waals surface area contributed by atoms with Crippen molar-refractivity contribution in [1.29, 1.82) is 0 Å². The van der Waals surface area contributed by atoms with Gasteiger partial charge < -0.3 is 15.1 Å². The molecule has 0 spiro atoms. The summed E-state index contributed by atoms with van der Waals surface area (Å²) in [5.41, 5.74) is 0.481. The molecule has 2 rings (SSSR count). The molecule has 1 unspecified atom stereocenters. The van der Waals surface area contributed by atoms with Crippen LogP contribution in [-0.2, 0) is 6.54 Å². The number of anilines is 1. The van der Waals surface area contributed by atoms with E-state index in [1.54, 1.807) is 0 Å². The average molecular weight is 238 g/mol. The molecular weight excluding hydrogens is 216 g/mol. The maximum absolute atomic E-state index is 5.48. The van der Waals surface area contributed by atoms with E-state index in [1.807, 2.05) is 0 Å². The molecule has 1 aliphatic carbocycles. The molecule has 17 heavy (non-hydrogen) atoms. The van der Waals surface area contributed by atoms with Gasteiger partial charge in [0.05, 0.1) is 6.54 Å². The van der Waals surface area contributed by atoms with E-state index in [0.717, 1.165) is 12.5 Å². The molecule has 5 heteroatoms. The van der Waals surface area contributed by atoms with Crippen LogP contribution in [-0.4, -0.2) is 22.8 Å². The summed E-state index contributed by atoms with van der Waals surface area (Å²) >= 11 is 0. The van der Waals surface area contributed by atoms with E-state index in [-0.39, 0.29) is 0 Å². The molecule has 0 aliphatic heterocycles. The molecule has 1 aromatic rings. The Kier molecular flexibility index (Phi) is 3.38. The first-order chi connectivity index (χ1) is 7.97. The largest absolute Gasteiger partial charge is 0.407 e. The zero-order valence-corrected chi connectivity index (χ0v) is 11.1. The Hall–Kier alpha value is -1.10. The standard InChI is InChI=1S/C12H22N4O/c1-8(2)13-7-10-15-16-11(17-10)14-6-9-5-12(9,3)4/h8-9,13H,5-7H2,1-4H3,(H,14,16). The van der Waals surface area contributed by atoms with Gasteiger partial charge in [-0.2, -0.15) is 0 Å². The number of nitrogens with zero attached hydrogens (tertiary/aromatic N) is 2. The van der Waals surface area contributed by atoms with Crippen LogP contribution in [0.1, 0.15) is 40.0 Å². The fourth-order valence-corrected chi connectivity index (χ4v) is 1.82. The summed E-state index contributed by atoms with van der Waals surface area (Å²) in [7, 11) is 0. The van der Waals surface area contributed by atoms with Crippen molar-refractivity contribution in [3.05, 3.63) is 5.89 Å². The van der Waals surface area contributed by atoms with Crippen molar-refractivity contribution in [2.75, 3.05) is 11.9 Å². The van der Waals surface area contributed by atoms with Gasteiger partial charge in [-0.05, 0) is 17.8 Å². The van der Waals surface area contributed by atoms with Gasteiger partial charge in [-0.1, -0.05) is 32.8 Å². The van der Waals surface area contributed by atoms with Gasteiger partial charge in [-0.15, -0.1) is 5.10 Å². The molecule has 1 heterocycles. The fourth-order valence-electron chi connectivity index (χ4n) is 1.82. The molecule has 1 atom stereocenters. The predicted molar refractivity (Wildman–Crippen MR) is 66.7 cm³/mol. The lowest BCUT2D eigenvalue weighted by molar-refractivity contribution is 0.456. The van der Waals surface area contributed by atoms with E-state index < -0.39 is 0 Å². The van der Waals surface area contributed by atoms with E-state index in [4.69, 9.17) is 4.42 Å². The van der Waals surface area contributed by atoms with Gasteiger partial charge in [0.1, 0.15) is 0 Å². The van der Waals surface area contributed by atoms with Crippen LogP contribution in [0.5, 0.6) is 0 Å². The first-order valence-electron chi connectivity index (χ1n) is 6.27. The van der Waals surface area contributed by atoms with E-state index in [9.17, 15) is 0 Å². The second-order valence-corrected chi connectivity index (χ2v) is 5.81.